The zero-order chi connectivity index (χ0) is 101. The monoisotopic (exact) mass is 2120 g/mol. The van der Waals surface area contributed by atoms with Crippen LogP contribution in [-0.4, -0.2) is 7.18 Å². The van der Waals surface area contributed by atoms with Crippen LogP contribution in [0.3, 0.4) is 0 Å². The third-order valence-corrected chi connectivity index (χ3v) is 40.3. The van der Waals surface area contributed by atoms with Crippen LogP contribution < -0.4 is 63.7 Å². The maximum Gasteiger partial charge on any atom is 0.0785 e. The smallest absolute Gasteiger partial charge is 0.0785 e. The summed E-state index contributed by atoms with van der Waals surface area (Å²) in [5.41, 5.74) is 8.94. The van der Waals surface area contributed by atoms with Crippen LogP contribution in [-0.2, 0) is 20.4 Å². The van der Waals surface area contributed by atoms with E-state index >= 15 is 0 Å². The number of fused-ring (bicyclic) bond motifs is 2. The molecule has 0 heterocycles. The van der Waals surface area contributed by atoms with E-state index in [1.54, 1.807) is 11.1 Å². The summed E-state index contributed by atoms with van der Waals surface area (Å²) in [6.45, 7) is 46.7. The fourth-order valence-corrected chi connectivity index (χ4v) is 32.8. The second-order valence-corrected chi connectivity index (χ2v) is 53.7. The summed E-state index contributed by atoms with van der Waals surface area (Å²) in [6, 6.07) is 129. The number of hydrogen-bond donors (Lipinski definition) is 0. The minimum absolute atomic E-state index is 0. The largest absolute Gasteiger partial charge is 0.255 e. The molecule has 12 aromatic rings. The van der Waals surface area contributed by atoms with E-state index in [0.29, 0.717) is 34.8 Å². The number of halogens is 2. The molecule has 0 spiro atoms. The summed E-state index contributed by atoms with van der Waals surface area (Å²) in [4.78, 5) is 2.25. The summed E-state index contributed by atoms with van der Waals surface area (Å²) < 4.78 is 9.50. The number of allylic oxidation sites excluding steroid dienone is 7. The molecule has 5 aliphatic carbocycles. The predicted octanol–water partition coefficient (Wildman–Crippen LogP) is 34.9. The fraction of sp³-hybridized carbons (Fsp3) is 0.378. The normalized spacial score (nSPS) is 20.3. The Balaban J connectivity index is 0.000000187. The van der Waals surface area contributed by atoms with E-state index in [1.807, 2.05) is 6.08 Å². The van der Waals surface area contributed by atoms with Crippen LogP contribution in [0.2, 0.25) is 0 Å². The number of rotatable bonds is 25. The Kier molecular flexibility index (Phi) is 49.1. The van der Waals surface area contributed by atoms with Crippen LogP contribution in [0.15, 0.2) is 423 Å². The van der Waals surface area contributed by atoms with E-state index in [4.69, 9.17) is 6.42 Å². The first-order valence-electron chi connectivity index (χ1n) is 52.6. The molecule has 0 N–H and O–H groups in total. The van der Waals surface area contributed by atoms with Gasteiger partial charge in [0.2, 0.25) is 0 Å². The Morgan fingerprint density at radius 3 is 0.880 bits per heavy atom. The summed E-state index contributed by atoms with van der Waals surface area (Å²) in [5.74, 6) is 9.37. The molecule has 0 aliphatic heterocycles. The molecule has 5 aliphatic rings. The second-order valence-electron chi connectivity index (χ2n) is 44.3. The topological polar surface area (TPSA) is 0 Å². The van der Waals surface area contributed by atoms with E-state index in [9.17, 15) is 4.39 Å². The fourth-order valence-electron chi connectivity index (χ4n) is 23.0. The van der Waals surface area contributed by atoms with Gasteiger partial charge in [0.25, 0.3) is 0 Å². The molecule has 10 atom stereocenters. The molecule has 0 radical (unpaired) electrons. The van der Waals surface area contributed by atoms with Crippen molar-refractivity contribution in [3.63, 3.8) is 0 Å². The SMILES string of the molecule is C#CCC(C)CC(C)(C)C=C.C=C1/C(=C\C=C2/CCC[C@]3(C)[C@@H]([C@H](C)CCCC(C)(C)C)CC[C@@H]23)C[C@@H](C)CC1(C)C.CF.C[C@H](CCCC(C)(C)C)[C@H]1CC[C@H]2/C(=C/Br)CCC[C@]12C.[Pd].c1ccc(P(c2ccccc2)c2ccccc2)cc1.c1ccc(P(c2ccccc2)c2ccccc2)cc1.c1ccc(P(c2ccccc2)c2ccccc2)cc1.c1ccc(P(c2ccccc2)c2ccccc2)cc1. The van der Waals surface area contributed by atoms with Crippen LogP contribution >= 0.6 is 47.6 Å². The van der Waals surface area contributed by atoms with Crippen LogP contribution in [0, 0.1) is 92.2 Å². The molecule has 5 fully saturated rings. The van der Waals surface area contributed by atoms with Crippen LogP contribution in [0.25, 0.3) is 0 Å². The van der Waals surface area contributed by atoms with Crippen molar-refractivity contribution in [2.75, 3.05) is 7.18 Å². The molecule has 17 rings (SSSR count). The summed E-state index contributed by atoms with van der Waals surface area (Å²) >= 11 is 3.63. The van der Waals surface area contributed by atoms with Gasteiger partial charge in [-0.2, -0.15) is 0 Å². The van der Waals surface area contributed by atoms with E-state index in [1.165, 1.54) is 190 Å². The third-order valence-electron chi connectivity index (χ3n) is 30.0. The van der Waals surface area contributed by atoms with Crippen LogP contribution in [0.5, 0.6) is 0 Å². The van der Waals surface area contributed by atoms with Gasteiger partial charge >= 0.3 is 0 Å². The Bertz CT molecular complexity index is 4830. The molecule has 0 aromatic heterocycles. The van der Waals surface area contributed by atoms with Crippen molar-refractivity contribution in [1.29, 1.82) is 0 Å². The molecule has 12 aromatic carbocycles. The molecule has 5 saturated carbocycles. The first-order chi connectivity index (χ1) is 67.9. The van der Waals surface area contributed by atoms with Gasteiger partial charge in [0.05, 0.1) is 7.18 Å². The number of terminal acetylenes is 1. The molecule has 0 bridgehead atoms. The van der Waals surface area contributed by atoms with Gasteiger partial charge in [-0.25, -0.2) is 0 Å². The number of alkyl halides is 1. The van der Waals surface area contributed by atoms with Gasteiger partial charge in [0.1, 0.15) is 0 Å². The van der Waals surface area contributed by atoms with Crippen molar-refractivity contribution in [1.82, 2.24) is 0 Å². The van der Waals surface area contributed by atoms with E-state index in [-0.39, 0.29) is 31.3 Å². The van der Waals surface area contributed by atoms with E-state index < -0.39 is 31.7 Å². The zero-order valence-electron chi connectivity index (χ0n) is 89.1. The van der Waals surface area contributed by atoms with Gasteiger partial charge < -0.3 is 0 Å². The third kappa shape index (κ3) is 35.8. The Morgan fingerprint density at radius 2 is 0.648 bits per heavy atom. The summed E-state index contributed by atoms with van der Waals surface area (Å²) in [6.07, 6.45) is 39.2. The molecule has 752 valence electrons. The van der Waals surface area contributed by atoms with Crippen molar-refractivity contribution in [3.8, 4) is 12.3 Å². The molecule has 1 unspecified atom stereocenters. The zero-order valence-corrected chi connectivity index (χ0v) is 95.8. The number of benzene rings is 12. The summed E-state index contributed by atoms with van der Waals surface area (Å²) in [7, 11) is -1.28. The van der Waals surface area contributed by atoms with Crippen molar-refractivity contribution in [2.24, 2.45) is 79.8 Å². The second kappa shape index (κ2) is 59.5. The van der Waals surface area contributed by atoms with Crippen molar-refractivity contribution < 1.29 is 24.8 Å². The van der Waals surface area contributed by atoms with E-state index in [2.05, 4.69) is 527 Å². The molecule has 0 amide bonds. The Morgan fingerprint density at radius 1 is 0.401 bits per heavy atom. The van der Waals surface area contributed by atoms with Gasteiger partial charge in [0.15, 0.2) is 0 Å². The van der Waals surface area contributed by atoms with Crippen molar-refractivity contribution in [3.05, 3.63) is 423 Å². The average Bonchev–Trinajstić information content (AvgIpc) is 1.60. The molecular weight excluding hydrogens is 1950 g/mol. The van der Waals surface area contributed by atoms with Gasteiger partial charge in [-0.15, -0.1) is 18.9 Å². The van der Waals surface area contributed by atoms with Gasteiger partial charge in [-0.3, -0.25) is 4.39 Å². The van der Waals surface area contributed by atoms with Gasteiger partial charge in [-0.05, 0) is 288 Å². The number of hydrogen-bond acceptors (Lipinski definition) is 0. The Labute approximate surface area is 889 Å². The predicted molar refractivity (Wildman–Crippen MR) is 635 cm³/mol. The molecule has 142 heavy (non-hydrogen) atoms. The molecule has 0 saturated heterocycles. The first kappa shape index (κ1) is 117. The molecule has 0 nitrogen and oxygen atoms in total. The quantitative estimate of drug-likeness (QED) is 0.0232. The Hall–Kier alpha value is -8.31. The molecular formula is C135H168BrFP4Pd. The van der Waals surface area contributed by atoms with E-state index in [0.717, 1.165) is 54.3 Å². The molecule has 7 heteroatoms. The maximum absolute atomic E-state index is 9.50. The summed E-state index contributed by atoms with van der Waals surface area (Å²) in [5, 5.41) is 16.8. The van der Waals surface area contributed by atoms with Crippen molar-refractivity contribution in [2.45, 2.75) is 239 Å². The van der Waals surface area contributed by atoms with Gasteiger partial charge in [-0.1, -0.05) is 552 Å². The minimum Gasteiger partial charge on any atom is -0.255 e. The average molecular weight is 2120 g/mol. The van der Waals surface area contributed by atoms with Crippen LogP contribution in [0.4, 0.5) is 4.39 Å². The maximum atomic E-state index is 9.50. The standard InChI is InChI=1S/C31H52.C20H35Br.4C18H15P.C11H18.CH3F.Pd/c1-22-20-26(24(3)30(7,8)21-22)15-14-25-13-11-19-31(9)27(16-17-28(25)31)23(2)12-10-18-29(4,5)6;1-15(8-6-12-19(2,3)4)17-10-11-18-16(14-21)9-7-13-20(17,18)5;4*1-4-10-16(11-5-1)19(17-12-6-2-7-13-17)18-14-8-3-9-15-18;1-6-8-10(3)9-11(4,5)7-2;1-2;/h14-15,22-23,27-28H,3,10-13,16-21H2,1-2,4-9H3;14-15,17-18H,6-13H2,1-5H3;4*1-15H;1,7,10H,2,8-9H2,3-5H3;1H3;/b25-14+,26-15-;16-14+;;;;;;;/t22-,23-,27-,28+,31-;15-,17-,18+,20-;;;;;;;/m11......./s1. The van der Waals surface area contributed by atoms with Crippen molar-refractivity contribution >= 4 is 111 Å². The van der Waals surface area contributed by atoms with Crippen LogP contribution in [0.1, 0.15) is 239 Å². The minimum atomic E-state index is -0.446. The van der Waals surface area contributed by atoms with Gasteiger partial charge in [0, 0.05) is 26.8 Å². The first-order valence-corrected chi connectivity index (χ1v) is 58.9.